The van der Waals surface area contributed by atoms with Crippen LogP contribution in [-0.2, 0) is 6.54 Å². The second-order valence-electron chi connectivity index (χ2n) is 8.49. The molecule has 4 rings (SSSR count). The first-order valence-corrected chi connectivity index (χ1v) is 11.0. The minimum absolute atomic E-state index is 0.496. The van der Waals surface area contributed by atoms with Gasteiger partial charge in [-0.25, -0.2) is 4.98 Å². The second kappa shape index (κ2) is 8.52. The summed E-state index contributed by atoms with van der Waals surface area (Å²) in [7, 11) is 0. The van der Waals surface area contributed by atoms with Crippen molar-refractivity contribution < 1.29 is 5.21 Å². The van der Waals surface area contributed by atoms with Crippen LogP contribution in [0.4, 0.5) is 5.69 Å². The summed E-state index contributed by atoms with van der Waals surface area (Å²) in [6.45, 7) is 11.5. The van der Waals surface area contributed by atoms with Gasteiger partial charge < -0.3 is 9.47 Å². The quantitative estimate of drug-likeness (QED) is 0.515. The molecule has 3 heterocycles. The summed E-state index contributed by atoms with van der Waals surface area (Å²) in [5.41, 5.74) is 7.52. The summed E-state index contributed by atoms with van der Waals surface area (Å²) in [6.07, 6.45) is 9.17. The summed E-state index contributed by atoms with van der Waals surface area (Å²) in [6, 6.07) is 12.4. The maximum atomic E-state index is 9.01. The van der Waals surface area contributed by atoms with Crippen molar-refractivity contribution in [3.05, 3.63) is 66.5 Å². The molecule has 5 heteroatoms. The Bertz CT molecular complexity index is 1010. The van der Waals surface area contributed by atoms with Crippen LogP contribution in [0.15, 0.2) is 55.4 Å². The third-order valence-corrected chi connectivity index (χ3v) is 7.09. The molecule has 158 valence electrons. The smallest absolute Gasteiger partial charge is 0.142 e. The first-order chi connectivity index (χ1) is 14.6. The Morgan fingerprint density at radius 3 is 2.43 bits per heavy atom. The summed E-state index contributed by atoms with van der Waals surface area (Å²) in [5, 5.41) is 10.2. The van der Waals surface area contributed by atoms with Gasteiger partial charge in [-0.15, -0.1) is 0 Å². The van der Waals surface area contributed by atoms with Gasteiger partial charge in [0.25, 0.3) is 0 Å². The normalized spacial score (nSPS) is 16.0. The number of aromatic nitrogens is 2. The maximum Gasteiger partial charge on any atom is 0.142 e. The Hall–Kier alpha value is -2.79. The van der Waals surface area contributed by atoms with Crippen molar-refractivity contribution in [1.29, 1.82) is 0 Å². The number of hydroxylamine groups is 1. The lowest BCUT2D eigenvalue weighted by Crippen LogP contribution is -2.39. The lowest BCUT2D eigenvalue weighted by Gasteiger charge is -2.42. The van der Waals surface area contributed by atoms with Crippen LogP contribution in [0.25, 0.3) is 16.7 Å². The van der Waals surface area contributed by atoms with Gasteiger partial charge in [0.05, 0.1) is 5.70 Å². The van der Waals surface area contributed by atoms with Crippen molar-refractivity contribution in [3.8, 4) is 0 Å². The predicted octanol–water partition coefficient (Wildman–Crippen LogP) is 5.44. The largest absolute Gasteiger partial charge is 0.371 e. The number of pyridine rings is 1. The zero-order chi connectivity index (χ0) is 21.1. The fourth-order valence-corrected chi connectivity index (χ4v) is 4.73. The minimum Gasteiger partial charge on any atom is -0.371 e. The van der Waals surface area contributed by atoms with E-state index >= 15 is 0 Å². The summed E-state index contributed by atoms with van der Waals surface area (Å²) in [5.74, 6) is 0. The first kappa shape index (κ1) is 20.5. The van der Waals surface area contributed by atoms with Crippen molar-refractivity contribution in [2.45, 2.75) is 46.1 Å². The van der Waals surface area contributed by atoms with E-state index in [0.29, 0.717) is 11.1 Å². The van der Waals surface area contributed by atoms with E-state index in [0.717, 1.165) is 30.8 Å². The maximum absolute atomic E-state index is 9.01. The number of benzene rings is 1. The fourth-order valence-electron chi connectivity index (χ4n) is 4.73. The number of piperidine rings is 1. The van der Waals surface area contributed by atoms with E-state index in [1.807, 2.05) is 18.3 Å². The molecule has 0 aliphatic carbocycles. The average molecular weight is 405 g/mol. The number of nitrogens with zero attached hydrogens (tertiary/aromatic N) is 3. The molecule has 2 aromatic heterocycles. The highest BCUT2D eigenvalue weighted by Crippen LogP contribution is 2.40. The van der Waals surface area contributed by atoms with Crippen LogP contribution in [0.1, 0.15) is 50.7 Å². The van der Waals surface area contributed by atoms with Gasteiger partial charge in [-0.3, -0.25) is 10.7 Å². The van der Waals surface area contributed by atoms with Crippen LogP contribution in [0, 0.1) is 5.41 Å². The predicted molar refractivity (Wildman–Crippen MR) is 124 cm³/mol. The molecule has 30 heavy (non-hydrogen) atoms. The molecule has 0 atom stereocenters. The van der Waals surface area contributed by atoms with Gasteiger partial charge in [-0.05, 0) is 41.5 Å². The molecule has 2 N–H and O–H groups in total. The van der Waals surface area contributed by atoms with Crippen LogP contribution < -0.4 is 10.4 Å². The highest BCUT2D eigenvalue weighted by Gasteiger charge is 2.31. The Morgan fingerprint density at radius 2 is 1.80 bits per heavy atom. The number of hydrogen-bond donors (Lipinski definition) is 2. The minimum atomic E-state index is 0.496. The second-order valence-corrected chi connectivity index (χ2v) is 8.49. The number of nitrogens with one attached hydrogen (secondary N) is 1. The first-order valence-electron chi connectivity index (χ1n) is 11.0. The summed E-state index contributed by atoms with van der Waals surface area (Å²) in [4.78, 5) is 7.23. The number of rotatable bonds is 7. The molecule has 1 saturated heterocycles. The Balaban J connectivity index is 1.55. The van der Waals surface area contributed by atoms with Crippen molar-refractivity contribution in [3.63, 3.8) is 0 Å². The van der Waals surface area contributed by atoms with E-state index in [1.165, 1.54) is 42.3 Å². The lowest BCUT2D eigenvalue weighted by molar-refractivity contribution is 0.200. The standard InChI is InChI=1S/C25H32N4O/c1-4-25(5-2)12-16-28(17-13-25)23-10-14-26-24-22(23)11-15-29(24)18-20-6-8-21(9-7-20)19(3)27-30/h6-11,14-15,27,30H,3-5,12-13,16-18H2,1-2H3. The third-order valence-electron chi connectivity index (χ3n) is 7.09. The summed E-state index contributed by atoms with van der Waals surface area (Å²) < 4.78 is 2.21. The van der Waals surface area contributed by atoms with Crippen LogP contribution in [0.2, 0.25) is 0 Å². The highest BCUT2D eigenvalue weighted by atomic mass is 16.5. The average Bonchev–Trinajstić information content (AvgIpc) is 3.22. The van der Waals surface area contributed by atoms with Gasteiger partial charge in [-0.2, -0.15) is 0 Å². The van der Waals surface area contributed by atoms with Gasteiger partial charge in [0.1, 0.15) is 5.65 Å². The highest BCUT2D eigenvalue weighted by molar-refractivity contribution is 5.90. The molecule has 1 aromatic carbocycles. The SMILES string of the molecule is C=C(NO)c1ccc(Cn2ccc3c(N4CCC(CC)(CC)CC4)ccnc32)cc1. The van der Waals surface area contributed by atoms with Gasteiger partial charge in [0.2, 0.25) is 0 Å². The van der Waals surface area contributed by atoms with E-state index in [-0.39, 0.29) is 0 Å². The molecular weight excluding hydrogens is 372 g/mol. The van der Waals surface area contributed by atoms with Gasteiger partial charge in [-0.1, -0.05) is 57.5 Å². The number of fused-ring (bicyclic) bond motifs is 1. The Morgan fingerprint density at radius 1 is 1.10 bits per heavy atom. The molecule has 3 aromatic rings. The van der Waals surface area contributed by atoms with E-state index in [4.69, 9.17) is 10.2 Å². The molecule has 0 bridgehead atoms. The summed E-state index contributed by atoms with van der Waals surface area (Å²) >= 11 is 0. The molecule has 0 radical (unpaired) electrons. The number of hydrogen-bond acceptors (Lipinski definition) is 4. The molecule has 0 saturated carbocycles. The van der Waals surface area contributed by atoms with E-state index < -0.39 is 0 Å². The van der Waals surface area contributed by atoms with Crippen molar-refractivity contribution >= 4 is 22.4 Å². The van der Waals surface area contributed by atoms with Gasteiger partial charge in [0.15, 0.2) is 0 Å². The lowest BCUT2D eigenvalue weighted by atomic mass is 9.74. The molecule has 0 spiro atoms. The fraction of sp³-hybridized carbons (Fsp3) is 0.400. The Labute approximate surface area is 179 Å². The third kappa shape index (κ3) is 3.82. The van der Waals surface area contributed by atoms with Gasteiger partial charge in [0, 0.05) is 43.1 Å². The van der Waals surface area contributed by atoms with E-state index in [1.54, 1.807) is 0 Å². The Kier molecular flexibility index (Phi) is 5.82. The molecule has 0 amide bonds. The van der Waals surface area contributed by atoms with Crippen molar-refractivity contribution in [2.24, 2.45) is 5.41 Å². The zero-order valence-electron chi connectivity index (χ0n) is 18.1. The van der Waals surface area contributed by atoms with Gasteiger partial charge >= 0.3 is 0 Å². The molecule has 5 nitrogen and oxygen atoms in total. The van der Waals surface area contributed by atoms with Crippen molar-refractivity contribution in [2.75, 3.05) is 18.0 Å². The topological polar surface area (TPSA) is 53.3 Å². The molecule has 0 unspecified atom stereocenters. The molecule has 1 aliphatic heterocycles. The molecule has 1 fully saturated rings. The van der Waals surface area contributed by atoms with Crippen LogP contribution in [0.5, 0.6) is 0 Å². The molecular formula is C25H32N4O. The zero-order valence-corrected chi connectivity index (χ0v) is 18.1. The van der Waals surface area contributed by atoms with E-state index in [9.17, 15) is 0 Å². The van der Waals surface area contributed by atoms with Crippen LogP contribution >= 0.6 is 0 Å². The van der Waals surface area contributed by atoms with Crippen LogP contribution in [-0.4, -0.2) is 27.8 Å². The monoisotopic (exact) mass is 404 g/mol. The van der Waals surface area contributed by atoms with Crippen LogP contribution in [0.3, 0.4) is 0 Å². The number of anilines is 1. The van der Waals surface area contributed by atoms with Crippen molar-refractivity contribution in [1.82, 2.24) is 15.0 Å². The molecule has 1 aliphatic rings. The van der Waals surface area contributed by atoms with E-state index in [2.05, 4.69) is 65.8 Å².